The molecule has 0 aromatic heterocycles. The maximum absolute atomic E-state index is 1.32. The molecule has 0 fully saturated rings. The van der Waals surface area contributed by atoms with Crippen LogP contribution in [0.25, 0.3) is 0 Å². The predicted octanol–water partition coefficient (Wildman–Crippen LogP) is -2.67. The Kier molecular flexibility index (Phi) is 329. The van der Waals surface area contributed by atoms with Crippen LogP contribution in [0.5, 0.6) is 0 Å². The van der Waals surface area contributed by atoms with E-state index in [0.717, 1.165) is 0 Å². The van der Waals surface area contributed by atoms with Crippen molar-refractivity contribution in [3.05, 3.63) is 0 Å². The molecule has 0 saturated carbocycles. The number of rotatable bonds is 0. The van der Waals surface area contributed by atoms with Gasteiger partial charge in [0.25, 0.3) is 0 Å². The van der Waals surface area contributed by atoms with E-state index in [9.17, 15) is 0 Å². The van der Waals surface area contributed by atoms with E-state index in [1.165, 1.54) is 58.6 Å². The molecular weight excluding hydrogens is 1200 g/mol. The van der Waals surface area contributed by atoms with Crippen molar-refractivity contribution in [2.45, 2.75) is 0 Å². The average molecular weight is 1200 g/mol. The molecule has 0 aliphatic heterocycles. The Balaban J connectivity index is -0.000000000179. The molecule has 0 saturated heterocycles. The monoisotopic (exact) mass is 1210 g/mol. The second kappa shape index (κ2) is 57.7. The first-order valence-corrected chi connectivity index (χ1v) is 17.5. The Labute approximate surface area is 338 Å². The van der Waals surface area contributed by atoms with Gasteiger partial charge in [0.05, 0.1) is 0 Å². The molecule has 0 atom stereocenters. The molecule has 0 aromatic rings. The molecule has 0 aliphatic carbocycles. The van der Waals surface area contributed by atoms with Gasteiger partial charge in [0.2, 0.25) is 0 Å². The van der Waals surface area contributed by atoms with Crippen LogP contribution >= 0.6 is 0 Å². The van der Waals surface area contributed by atoms with Crippen molar-refractivity contribution in [3.8, 4) is 0 Å². The van der Waals surface area contributed by atoms with Gasteiger partial charge >= 0.3 is 58.6 Å². The fourth-order valence-electron chi connectivity index (χ4n) is 0. The molecule has 0 aromatic carbocycles. The molecule has 0 bridgehead atoms. The van der Waals surface area contributed by atoms with Gasteiger partial charge in [-0.2, -0.15) is 0 Å². The Hall–Kier alpha value is 12.6. The minimum absolute atomic E-state index is 0. The zero-order valence-corrected chi connectivity index (χ0v) is 36.7. The van der Waals surface area contributed by atoms with Gasteiger partial charge in [-0.3, -0.25) is 0 Å². The second-order valence-corrected chi connectivity index (χ2v) is 0. The van der Waals surface area contributed by atoms with Crippen LogP contribution in [0.2, 0.25) is 0 Å². The van der Waals surface area contributed by atoms with Gasteiger partial charge in [0, 0.05) is 295 Å². The van der Waals surface area contributed by atoms with Gasteiger partial charge < -0.3 is 0 Å². The quantitative estimate of drug-likeness (QED) is 0.233. The van der Waals surface area contributed by atoms with E-state index in [1.807, 2.05) is 0 Å². The number of hydrogen-bond acceptors (Lipinski definition) is 0. The van der Waals surface area contributed by atoms with Crippen LogP contribution in [0.4, 0.5) is 0 Å². The third-order valence-electron chi connectivity index (χ3n) is 0. The van der Waals surface area contributed by atoms with Crippen molar-refractivity contribution in [3.63, 3.8) is 0 Å². The maximum atomic E-state index is 1.32. The summed E-state index contributed by atoms with van der Waals surface area (Å²) in [5.41, 5.74) is 0. The topological polar surface area (TPSA) is 0 Å². The molecule has 0 aliphatic rings. The molecule has 0 rings (SSSR count). The third kappa shape index (κ3) is 49.9. The van der Waals surface area contributed by atoms with E-state index in [-0.39, 0.29) is 295 Å². The average Bonchev–Trinajstić information content (AvgIpc) is 1.00. The standard InChI is InChI=1S/3Au.7Sr. The van der Waals surface area contributed by atoms with E-state index in [2.05, 4.69) is 0 Å². The van der Waals surface area contributed by atoms with Gasteiger partial charge in [0.15, 0.2) is 0 Å². The van der Waals surface area contributed by atoms with Crippen molar-refractivity contribution in [1.29, 1.82) is 0 Å². The Bertz CT molecular complexity index is 8.81. The SMILES string of the molecule is [Au].[Au].[Au].[Sr].[Sr].[Sr].[Sr].[Sr].[Sr][Sr]. The Morgan fingerprint density at radius 3 is 0.400 bits per heavy atom. The second-order valence-electron chi connectivity index (χ2n) is 0. The third-order valence-corrected chi connectivity index (χ3v) is 0. The summed E-state index contributed by atoms with van der Waals surface area (Å²) in [6.07, 6.45) is 0. The summed E-state index contributed by atoms with van der Waals surface area (Å²) in [7, 11) is 0. The van der Waals surface area contributed by atoms with Gasteiger partial charge in [-0.05, 0) is 0 Å². The summed E-state index contributed by atoms with van der Waals surface area (Å²) in [5.74, 6) is 0. The molecule has 0 unspecified atom stereocenters. The van der Waals surface area contributed by atoms with E-state index < -0.39 is 0 Å². The summed E-state index contributed by atoms with van der Waals surface area (Å²) in [6, 6.07) is 0. The molecule has 0 spiro atoms. The van der Waals surface area contributed by atoms with E-state index in [1.54, 1.807) is 0 Å². The molecular formula is Au3Sr7. The molecule has 10 heteroatoms. The fourth-order valence-corrected chi connectivity index (χ4v) is 0. The molecule has 0 N–H and O–H groups in total. The van der Waals surface area contributed by atoms with Crippen LogP contribution < -0.4 is 0 Å². The summed E-state index contributed by atoms with van der Waals surface area (Å²) >= 11 is 2.64. The van der Waals surface area contributed by atoms with Crippen molar-refractivity contribution in [2.75, 3.05) is 0 Å². The Morgan fingerprint density at radius 2 is 0.400 bits per heavy atom. The summed E-state index contributed by atoms with van der Waals surface area (Å²) in [6.45, 7) is 0. The van der Waals surface area contributed by atoms with Crippen LogP contribution in [0.1, 0.15) is 0 Å². The first-order chi connectivity index (χ1) is 1.00. The van der Waals surface area contributed by atoms with Crippen LogP contribution in [0, 0.1) is 0 Å². The molecule has 0 nitrogen and oxygen atoms in total. The van der Waals surface area contributed by atoms with Crippen molar-refractivity contribution in [2.24, 2.45) is 0 Å². The van der Waals surface area contributed by atoms with Crippen LogP contribution in [-0.4, -0.2) is 286 Å². The molecule has 15 radical (unpaired) electrons. The zero-order valence-electron chi connectivity index (χ0n) is 5.85. The van der Waals surface area contributed by atoms with Gasteiger partial charge in [-0.25, -0.2) is 0 Å². The predicted molar refractivity (Wildman–Crippen MR) is 40.3 cm³/mol. The van der Waals surface area contributed by atoms with Gasteiger partial charge in [-0.15, -0.1) is 0 Å². The summed E-state index contributed by atoms with van der Waals surface area (Å²) in [5, 5.41) is 0. The normalized spacial score (nSPS) is 0.200. The van der Waals surface area contributed by atoms with E-state index in [4.69, 9.17) is 0 Å². The first-order valence-electron chi connectivity index (χ1n) is 0.500. The van der Waals surface area contributed by atoms with E-state index in [0.29, 0.717) is 0 Å². The van der Waals surface area contributed by atoms with E-state index >= 15 is 0 Å². The molecule has 47 valence electrons. The fraction of sp³-hybridized carbons (Fsp3) is 0. The van der Waals surface area contributed by atoms with Crippen LogP contribution in [0.3, 0.4) is 0 Å². The van der Waals surface area contributed by atoms with Gasteiger partial charge in [-0.1, -0.05) is 0 Å². The summed E-state index contributed by atoms with van der Waals surface area (Å²) in [4.78, 5) is 0. The first kappa shape index (κ1) is 57.0. The molecule has 0 heterocycles. The molecule has 0 amide bonds. The van der Waals surface area contributed by atoms with Crippen LogP contribution in [-0.2, 0) is 67.1 Å². The zero-order chi connectivity index (χ0) is 2.00. The van der Waals surface area contributed by atoms with Gasteiger partial charge in [0.1, 0.15) is 0 Å². The van der Waals surface area contributed by atoms with Crippen molar-refractivity contribution < 1.29 is 67.1 Å². The van der Waals surface area contributed by atoms with Crippen molar-refractivity contribution in [1.82, 2.24) is 0 Å². The number of hydrogen-bond donors (Lipinski definition) is 0. The molecule has 10 heavy (non-hydrogen) atoms. The Morgan fingerprint density at radius 1 is 0.400 bits per heavy atom. The van der Waals surface area contributed by atoms with Crippen LogP contribution in [0.15, 0.2) is 0 Å². The minimum atomic E-state index is 0. The summed E-state index contributed by atoms with van der Waals surface area (Å²) < 4.78 is 0. The van der Waals surface area contributed by atoms with Crippen molar-refractivity contribution >= 4 is 286 Å².